The van der Waals surface area contributed by atoms with E-state index in [9.17, 15) is 4.79 Å². The van der Waals surface area contributed by atoms with Crippen LogP contribution in [0.2, 0.25) is 0 Å². The molecule has 0 atom stereocenters. The third kappa shape index (κ3) is 3.29. The molecule has 18 heavy (non-hydrogen) atoms. The Morgan fingerprint density at radius 3 is 2.78 bits per heavy atom. The van der Waals surface area contributed by atoms with Crippen LogP contribution in [0.25, 0.3) is 11.3 Å². The number of unbranched alkanes of at least 4 members (excludes halogenated alkanes) is 1. The lowest BCUT2D eigenvalue weighted by Gasteiger charge is -1.95. The van der Waals surface area contributed by atoms with Crippen molar-refractivity contribution >= 4 is 5.78 Å². The third-order valence-corrected chi connectivity index (χ3v) is 2.81. The molecule has 0 N–H and O–H groups in total. The molecule has 0 saturated carbocycles. The number of benzene rings is 1. The minimum absolute atomic E-state index is 0.215. The monoisotopic (exact) mass is 243 g/mol. The fourth-order valence-electron chi connectivity index (χ4n) is 1.80. The third-order valence-electron chi connectivity index (χ3n) is 2.81. The van der Waals surface area contributed by atoms with E-state index < -0.39 is 0 Å². The van der Waals surface area contributed by atoms with E-state index in [0.717, 1.165) is 24.1 Å². The summed E-state index contributed by atoms with van der Waals surface area (Å²) < 4.78 is 5.20. The Balaban J connectivity index is 2.00. The SMILES string of the molecule is CCCCC(=O)Cc1cc(-c2ccccc2)no1. The smallest absolute Gasteiger partial charge is 0.144 e. The Morgan fingerprint density at radius 2 is 2.06 bits per heavy atom. The predicted octanol–water partition coefficient (Wildman–Crippen LogP) is 3.64. The highest BCUT2D eigenvalue weighted by molar-refractivity contribution is 5.80. The average molecular weight is 243 g/mol. The van der Waals surface area contributed by atoms with Crippen LogP contribution < -0.4 is 0 Å². The van der Waals surface area contributed by atoms with E-state index in [-0.39, 0.29) is 5.78 Å². The molecule has 0 unspecified atom stereocenters. The van der Waals surface area contributed by atoms with Crippen LogP contribution in [0.5, 0.6) is 0 Å². The van der Waals surface area contributed by atoms with Crippen molar-refractivity contribution in [1.82, 2.24) is 5.16 Å². The van der Waals surface area contributed by atoms with Gasteiger partial charge in [-0.25, -0.2) is 0 Å². The van der Waals surface area contributed by atoms with Gasteiger partial charge < -0.3 is 4.52 Å². The number of carbonyl (C=O) groups excluding carboxylic acids is 1. The molecule has 0 radical (unpaired) electrons. The number of ketones is 1. The number of hydrogen-bond donors (Lipinski definition) is 0. The average Bonchev–Trinajstić information content (AvgIpc) is 2.86. The van der Waals surface area contributed by atoms with Gasteiger partial charge in [-0.3, -0.25) is 4.79 Å². The highest BCUT2D eigenvalue weighted by atomic mass is 16.5. The Kier molecular flexibility index (Phi) is 4.29. The van der Waals surface area contributed by atoms with Crippen LogP contribution in [0.3, 0.4) is 0 Å². The molecule has 3 nitrogen and oxygen atoms in total. The summed E-state index contributed by atoms with van der Waals surface area (Å²) in [5.74, 6) is 0.863. The Hall–Kier alpha value is -1.90. The Labute approximate surface area is 107 Å². The van der Waals surface area contributed by atoms with E-state index in [2.05, 4.69) is 12.1 Å². The van der Waals surface area contributed by atoms with Crippen molar-refractivity contribution < 1.29 is 9.32 Å². The normalized spacial score (nSPS) is 10.5. The summed E-state index contributed by atoms with van der Waals surface area (Å²) in [5.41, 5.74) is 1.79. The lowest BCUT2D eigenvalue weighted by molar-refractivity contribution is -0.118. The van der Waals surface area contributed by atoms with E-state index in [1.165, 1.54) is 0 Å². The van der Waals surface area contributed by atoms with Gasteiger partial charge in [0.1, 0.15) is 17.2 Å². The minimum atomic E-state index is 0.215. The summed E-state index contributed by atoms with van der Waals surface area (Å²) in [5, 5.41) is 3.99. The van der Waals surface area contributed by atoms with Gasteiger partial charge in [0.15, 0.2) is 0 Å². The van der Waals surface area contributed by atoms with Gasteiger partial charge in [-0.1, -0.05) is 48.8 Å². The summed E-state index contributed by atoms with van der Waals surface area (Å²) >= 11 is 0. The quantitative estimate of drug-likeness (QED) is 0.777. The second-order valence-electron chi connectivity index (χ2n) is 4.36. The molecule has 0 aliphatic rings. The molecule has 0 fully saturated rings. The topological polar surface area (TPSA) is 43.1 Å². The molecule has 0 aliphatic carbocycles. The van der Waals surface area contributed by atoms with E-state index in [4.69, 9.17) is 4.52 Å². The summed E-state index contributed by atoms with van der Waals surface area (Å²) in [7, 11) is 0. The van der Waals surface area contributed by atoms with Gasteiger partial charge >= 0.3 is 0 Å². The van der Waals surface area contributed by atoms with Crippen molar-refractivity contribution in [2.45, 2.75) is 32.6 Å². The fourth-order valence-corrected chi connectivity index (χ4v) is 1.80. The number of rotatable bonds is 6. The molecule has 0 saturated heterocycles. The summed E-state index contributed by atoms with van der Waals surface area (Å²) in [6, 6.07) is 11.7. The first-order chi connectivity index (χ1) is 8.79. The van der Waals surface area contributed by atoms with Gasteiger partial charge in [0.05, 0.1) is 6.42 Å². The Bertz CT molecular complexity index is 502. The second kappa shape index (κ2) is 6.15. The number of Topliss-reactive ketones (excluding diaryl/α,β-unsaturated/α-hetero) is 1. The van der Waals surface area contributed by atoms with Gasteiger partial charge in [0.2, 0.25) is 0 Å². The van der Waals surface area contributed by atoms with Crippen LogP contribution in [-0.2, 0) is 11.2 Å². The number of aromatic nitrogens is 1. The van der Waals surface area contributed by atoms with Crippen LogP contribution in [0.15, 0.2) is 40.9 Å². The fraction of sp³-hybridized carbons (Fsp3) is 0.333. The maximum atomic E-state index is 11.6. The van der Waals surface area contributed by atoms with Crippen molar-refractivity contribution in [1.29, 1.82) is 0 Å². The standard InChI is InChI=1S/C15H17NO2/c1-2-3-9-13(17)10-14-11-15(16-18-14)12-7-5-4-6-8-12/h4-8,11H,2-3,9-10H2,1H3. The zero-order valence-corrected chi connectivity index (χ0v) is 10.6. The molecular formula is C15H17NO2. The molecule has 0 amide bonds. The van der Waals surface area contributed by atoms with Crippen LogP contribution in [0, 0.1) is 0 Å². The van der Waals surface area contributed by atoms with Gasteiger partial charge in [-0.05, 0) is 6.42 Å². The molecule has 1 aromatic heterocycles. The van der Waals surface area contributed by atoms with E-state index in [1.54, 1.807) is 0 Å². The molecule has 3 heteroatoms. The maximum Gasteiger partial charge on any atom is 0.144 e. The van der Waals surface area contributed by atoms with E-state index in [1.807, 2.05) is 36.4 Å². The maximum absolute atomic E-state index is 11.6. The zero-order chi connectivity index (χ0) is 12.8. The Morgan fingerprint density at radius 1 is 1.28 bits per heavy atom. The van der Waals surface area contributed by atoms with Crippen LogP contribution in [0.1, 0.15) is 31.9 Å². The van der Waals surface area contributed by atoms with Crippen molar-refractivity contribution in [3.8, 4) is 11.3 Å². The van der Waals surface area contributed by atoms with Crippen LogP contribution in [0.4, 0.5) is 0 Å². The summed E-state index contributed by atoms with van der Waals surface area (Å²) in [6.45, 7) is 2.08. The van der Waals surface area contributed by atoms with Crippen molar-refractivity contribution in [2.75, 3.05) is 0 Å². The number of hydrogen-bond acceptors (Lipinski definition) is 3. The molecule has 0 spiro atoms. The van der Waals surface area contributed by atoms with Crippen LogP contribution >= 0.6 is 0 Å². The summed E-state index contributed by atoms with van der Waals surface area (Å²) in [4.78, 5) is 11.6. The predicted molar refractivity (Wildman–Crippen MR) is 70.2 cm³/mol. The van der Waals surface area contributed by atoms with Gasteiger partial charge in [-0.2, -0.15) is 0 Å². The lowest BCUT2D eigenvalue weighted by atomic mass is 10.1. The lowest BCUT2D eigenvalue weighted by Crippen LogP contribution is -2.00. The number of nitrogens with zero attached hydrogens (tertiary/aromatic N) is 1. The molecule has 1 heterocycles. The van der Waals surface area contributed by atoms with Crippen molar-refractivity contribution in [3.63, 3.8) is 0 Å². The zero-order valence-electron chi connectivity index (χ0n) is 10.6. The molecule has 0 aliphatic heterocycles. The number of carbonyl (C=O) groups is 1. The first-order valence-corrected chi connectivity index (χ1v) is 6.32. The largest absolute Gasteiger partial charge is 0.360 e. The van der Waals surface area contributed by atoms with Crippen LogP contribution in [-0.4, -0.2) is 10.9 Å². The molecular weight excluding hydrogens is 226 g/mol. The van der Waals surface area contributed by atoms with Crippen molar-refractivity contribution in [2.24, 2.45) is 0 Å². The van der Waals surface area contributed by atoms with Gasteiger partial charge in [0, 0.05) is 18.1 Å². The van der Waals surface area contributed by atoms with Gasteiger partial charge in [-0.15, -0.1) is 0 Å². The molecule has 2 rings (SSSR count). The highest BCUT2D eigenvalue weighted by Crippen LogP contribution is 2.19. The first kappa shape index (κ1) is 12.6. The summed E-state index contributed by atoms with van der Waals surface area (Å²) in [6.07, 6.45) is 2.95. The van der Waals surface area contributed by atoms with Crippen molar-refractivity contribution in [3.05, 3.63) is 42.2 Å². The van der Waals surface area contributed by atoms with Gasteiger partial charge in [0.25, 0.3) is 0 Å². The molecule has 1 aromatic carbocycles. The molecule has 94 valence electrons. The van der Waals surface area contributed by atoms with E-state index >= 15 is 0 Å². The molecule has 2 aromatic rings. The minimum Gasteiger partial charge on any atom is -0.360 e. The molecule has 0 bridgehead atoms. The first-order valence-electron chi connectivity index (χ1n) is 6.32. The van der Waals surface area contributed by atoms with E-state index in [0.29, 0.717) is 18.6 Å². The highest BCUT2D eigenvalue weighted by Gasteiger charge is 2.10. The second-order valence-corrected chi connectivity index (χ2v) is 4.36.